The highest BCUT2D eigenvalue weighted by Crippen LogP contribution is 2.16. The Balaban J connectivity index is 2.93. The minimum atomic E-state index is -0.565. The molecule has 7 nitrogen and oxygen atoms in total. The predicted molar refractivity (Wildman–Crippen MR) is 63.2 cm³/mol. The standard InChI is InChI=1S/C10H17N5O2/c1-3-6-8(12)9(14-13-6)10(17)15(4-2)5-7(11)16/h3-5,12H2,1-2H3,(H2,11,16)(H,13,14). The number of rotatable bonds is 5. The zero-order valence-corrected chi connectivity index (χ0v) is 9.99. The summed E-state index contributed by atoms with van der Waals surface area (Å²) in [5, 5.41) is 6.57. The van der Waals surface area contributed by atoms with Crippen LogP contribution in [0.15, 0.2) is 0 Å². The number of aromatic amines is 1. The molecule has 1 aromatic rings. The van der Waals surface area contributed by atoms with E-state index in [0.717, 1.165) is 0 Å². The Morgan fingerprint density at radius 1 is 1.41 bits per heavy atom. The van der Waals surface area contributed by atoms with Crippen LogP contribution in [0.5, 0.6) is 0 Å². The Labute approximate surface area is 99.1 Å². The van der Waals surface area contributed by atoms with Gasteiger partial charge < -0.3 is 16.4 Å². The molecule has 17 heavy (non-hydrogen) atoms. The largest absolute Gasteiger partial charge is 0.395 e. The van der Waals surface area contributed by atoms with E-state index in [0.29, 0.717) is 24.3 Å². The maximum Gasteiger partial charge on any atom is 0.276 e. The fraction of sp³-hybridized carbons (Fsp3) is 0.500. The molecule has 2 amide bonds. The maximum absolute atomic E-state index is 12.0. The average molecular weight is 239 g/mol. The summed E-state index contributed by atoms with van der Waals surface area (Å²) in [6.07, 6.45) is 0.661. The molecular formula is C10H17N5O2. The molecule has 0 saturated carbocycles. The number of amides is 2. The van der Waals surface area contributed by atoms with Gasteiger partial charge in [-0.05, 0) is 13.3 Å². The quantitative estimate of drug-likeness (QED) is 0.642. The van der Waals surface area contributed by atoms with Crippen LogP contribution in [0.25, 0.3) is 0 Å². The zero-order valence-electron chi connectivity index (χ0n) is 9.99. The first-order valence-electron chi connectivity index (χ1n) is 5.41. The zero-order chi connectivity index (χ0) is 13.0. The third kappa shape index (κ3) is 2.74. The van der Waals surface area contributed by atoms with Crippen LogP contribution in [0.1, 0.15) is 30.0 Å². The van der Waals surface area contributed by atoms with Crippen LogP contribution in [0.4, 0.5) is 5.69 Å². The van der Waals surface area contributed by atoms with Gasteiger partial charge >= 0.3 is 0 Å². The minimum absolute atomic E-state index is 0.136. The van der Waals surface area contributed by atoms with Gasteiger partial charge in [0.1, 0.15) is 0 Å². The van der Waals surface area contributed by atoms with Crippen molar-refractivity contribution in [1.29, 1.82) is 0 Å². The van der Waals surface area contributed by atoms with Crippen molar-refractivity contribution < 1.29 is 9.59 Å². The summed E-state index contributed by atoms with van der Waals surface area (Å²) in [5.41, 5.74) is 12.0. The van der Waals surface area contributed by atoms with Gasteiger partial charge in [0, 0.05) is 6.54 Å². The number of nitrogen functional groups attached to an aromatic ring is 1. The van der Waals surface area contributed by atoms with E-state index in [1.807, 2.05) is 6.92 Å². The van der Waals surface area contributed by atoms with Crippen LogP contribution in [0, 0.1) is 0 Å². The molecule has 0 aliphatic rings. The van der Waals surface area contributed by atoms with Crippen molar-refractivity contribution in [3.63, 3.8) is 0 Å². The molecule has 0 spiro atoms. The lowest BCUT2D eigenvalue weighted by Gasteiger charge is -2.17. The number of hydrogen-bond acceptors (Lipinski definition) is 4. The summed E-state index contributed by atoms with van der Waals surface area (Å²) >= 11 is 0. The highest BCUT2D eigenvalue weighted by Gasteiger charge is 2.22. The van der Waals surface area contributed by atoms with E-state index in [2.05, 4.69) is 10.2 Å². The molecule has 1 rings (SSSR count). The van der Waals surface area contributed by atoms with E-state index < -0.39 is 5.91 Å². The third-order valence-corrected chi connectivity index (χ3v) is 2.45. The van der Waals surface area contributed by atoms with E-state index in [-0.39, 0.29) is 18.1 Å². The monoisotopic (exact) mass is 239 g/mol. The Kier molecular flexibility index (Phi) is 4.08. The van der Waals surface area contributed by atoms with Crippen molar-refractivity contribution in [2.75, 3.05) is 18.8 Å². The van der Waals surface area contributed by atoms with Crippen LogP contribution in [0.3, 0.4) is 0 Å². The van der Waals surface area contributed by atoms with Gasteiger partial charge in [0.15, 0.2) is 5.69 Å². The minimum Gasteiger partial charge on any atom is -0.395 e. The van der Waals surface area contributed by atoms with Gasteiger partial charge in [0.2, 0.25) is 5.91 Å². The highest BCUT2D eigenvalue weighted by molar-refractivity contribution is 5.99. The van der Waals surface area contributed by atoms with Gasteiger partial charge in [-0.2, -0.15) is 5.10 Å². The number of carbonyl (C=O) groups excluding carboxylic acids is 2. The molecule has 0 aromatic carbocycles. The number of anilines is 1. The van der Waals surface area contributed by atoms with Gasteiger partial charge in [-0.3, -0.25) is 14.7 Å². The first-order valence-corrected chi connectivity index (χ1v) is 5.41. The number of carbonyl (C=O) groups is 2. The van der Waals surface area contributed by atoms with Crippen LogP contribution < -0.4 is 11.5 Å². The van der Waals surface area contributed by atoms with Gasteiger partial charge in [-0.15, -0.1) is 0 Å². The van der Waals surface area contributed by atoms with Crippen LogP contribution >= 0.6 is 0 Å². The smallest absolute Gasteiger partial charge is 0.276 e. The number of aromatic nitrogens is 2. The number of primary amides is 1. The van der Waals surface area contributed by atoms with Crippen molar-refractivity contribution in [2.24, 2.45) is 5.73 Å². The van der Waals surface area contributed by atoms with Crippen molar-refractivity contribution in [3.8, 4) is 0 Å². The Bertz CT molecular complexity index is 426. The molecule has 5 N–H and O–H groups in total. The summed E-state index contributed by atoms with van der Waals surface area (Å²) < 4.78 is 0. The van der Waals surface area contributed by atoms with Gasteiger partial charge in [0.05, 0.1) is 17.9 Å². The molecule has 1 aromatic heterocycles. The van der Waals surface area contributed by atoms with Crippen molar-refractivity contribution >= 4 is 17.5 Å². The van der Waals surface area contributed by atoms with Crippen LogP contribution in [-0.4, -0.2) is 40.0 Å². The first-order chi connectivity index (χ1) is 8.01. The van der Waals surface area contributed by atoms with E-state index in [1.54, 1.807) is 6.92 Å². The molecule has 7 heteroatoms. The molecule has 0 fully saturated rings. The molecule has 0 saturated heterocycles. The van der Waals surface area contributed by atoms with Gasteiger partial charge in [-0.25, -0.2) is 0 Å². The molecule has 0 aliphatic heterocycles. The highest BCUT2D eigenvalue weighted by atomic mass is 16.2. The van der Waals surface area contributed by atoms with Crippen LogP contribution in [0.2, 0.25) is 0 Å². The van der Waals surface area contributed by atoms with E-state index in [4.69, 9.17) is 11.5 Å². The number of H-pyrrole nitrogens is 1. The second kappa shape index (κ2) is 5.33. The molecule has 94 valence electrons. The summed E-state index contributed by atoms with van der Waals surface area (Å²) in [6, 6.07) is 0. The van der Waals surface area contributed by atoms with Crippen molar-refractivity contribution in [2.45, 2.75) is 20.3 Å². The van der Waals surface area contributed by atoms with Gasteiger partial charge in [-0.1, -0.05) is 6.92 Å². The van der Waals surface area contributed by atoms with E-state index in [1.165, 1.54) is 4.90 Å². The predicted octanol–water partition coefficient (Wildman–Crippen LogP) is -0.498. The topological polar surface area (TPSA) is 118 Å². The number of hydrogen-bond donors (Lipinski definition) is 3. The molecule has 0 atom stereocenters. The molecule has 0 unspecified atom stereocenters. The summed E-state index contributed by atoms with van der Waals surface area (Å²) in [7, 11) is 0. The number of likely N-dealkylation sites (N-methyl/N-ethyl adjacent to an activating group) is 1. The van der Waals surface area contributed by atoms with Crippen LogP contribution in [-0.2, 0) is 11.2 Å². The fourth-order valence-electron chi connectivity index (χ4n) is 1.48. The third-order valence-electron chi connectivity index (χ3n) is 2.45. The second-order valence-corrected chi connectivity index (χ2v) is 3.60. The van der Waals surface area contributed by atoms with Crippen molar-refractivity contribution in [1.82, 2.24) is 15.1 Å². The lowest BCUT2D eigenvalue weighted by molar-refractivity contribution is -0.118. The first kappa shape index (κ1) is 13.0. The number of aryl methyl sites for hydroxylation is 1. The molecule has 0 radical (unpaired) electrons. The number of nitrogens with zero attached hydrogens (tertiary/aromatic N) is 2. The van der Waals surface area contributed by atoms with Gasteiger partial charge in [0.25, 0.3) is 5.91 Å². The Morgan fingerprint density at radius 3 is 2.47 bits per heavy atom. The fourth-order valence-corrected chi connectivity index (χ4v) is 1.48. The lowest BCUT2D eigenvalue weighted by atomic mass is 10.2. The summed E-state index contributed by atoms with van der Waals surface area (Å²) in [5.74, 6) is -0.954. The maximum atomic E-state index is 12.0. The van der Waals surface area contributed by atoms with Crippen molar-refractivity contribution in [3.05, 3.63) is 11.4 Å². The lowest BCUT2D eigenvalue weighted by Crippen LogP contribution is -2.38. The summed E-state index contributed by atoms with van der Waals surface area (Å²) in [4.78, 5) is 24.1. The Hall–Kier alpha value is -2.05. The second-order valence-electron chi connectivity index (χ2n) is 3.60. The average Bonchev–Trinajstić information content (AvgIpc) is 2.66. The number of nitrogens with two attached hydrogens (primary N) is 2. The normalized spacial score (nSPS) is 10.2. The Morgan fingerprint density at radius 2 is 2.06 bits per heavy atom. The molecule has 1 heterocycles. The molecule has 0 bridgehead atoms. The molecular weight excluding hydrogens is 222 g/mol. The van der Waals surface area contributed by atoms with E-state index in [9.17, 15) is 9.59 Å². The molecule has 0 aliphatic carbocycles. The SMILES string of the molecule is CCc1[nH]nc(C(=O)N(CC)CC(N)=O)c1N. The summed E-state index contributed by atoms with van der Waals surface area (Å²) in [6.45, 7) is 3.89. The number of nitrogens with one attached hydrogen (secondary N) is 1. The van der Waals surface area contributed by atoms with E-state index >= 15 is 0 Å².